The van der Waals surface area contributed by atoms with Crippen LogP contribution in [-0.4, -0.2) is 39.4 Å². The summed E-state index contributed by atoms with van der Waals surface area (Å²) >= 11 is 3.49. The number of hydrogen-bond donors (Lipinski definition) is 3. The zero-order chi connectivity index (χ0) is 21.5. The highest BCUT2D eigenvalue weighted by Crippen LogP contribution is 2.37. The number of carbonyl (C=O) groups excluding carboxylic acids is 1. The van der Waals surface area contributed by atoms with Gasteiger partial charge in [0.15, 0.2) is 18.1 Å². The van der Waals surface area contributed by atoms with Crippen molar-refractivity contribution in [3.05, 3.63) is 52.0 Å². The Morgan fingerprint density at radius 2 is 2.00 bits per heavy atom. The van der Waals surface area contributed by atoms with Gasteiger partial charge in [-0.3, -0.25) is 4.79 Å². The molecular formula is C19H22BrN7O3. The number of hydrogen-bond acceptors (Lipinski definition) is 8. The van der Waals surface area contributed by atoms with Crippen LogP contribution in [0.25, 0.3) is 0 Å². The van der Waals surface area contributed by atoms with E-state index in [4.69, 9.17) is 15.2 Å². The second-order valence-corrected chi connectivity index (χ2v) is 7.18. The van der Waals surface area contributed by atoms with E-state index < -0.39 is 0 Å². The Morgan fingerprint density at radius 3 is 2.67 bits per heavy atom. The van der Waals surface area contributed by atoms with Gasteiger partial charge in [0, 0.05) is 5.69 Å². The Labute approximate surface area is 181 Å². The van der Waals surface area contributed by atoms with Gasteiger partial charge in [-0.25, -0.2) is 0 Å². The summed E-state index contributed by atoms with van der Waals surface area (Å²) < 4.78 is 12.1. The van der Waals surface area contributed by atoms with E-state index in [0.29, 0.717) is 34.8 Å². The summed E-state index contributed by atoms with van der Waals surface area (Å²) in [5.74, 6) is 0.838. The highest BCUT2D eigenvalue weighted by Gasteiger charge is 2.15. The molecule has 3 aromatic rings. The molecule has 0 spiro atoms. The van der Waals surface area contributed by atoms with Crippen LogP contribution in [0.1, 0.15) is 18.1 Å². The molecule has 30 heavy (non-hydrogen) atoms. The Balaban J connectivity index is 1.66. The standard InChI is InChI=1S/C19H22BrN7O3/c1-3-29-16-9-13(10-22-27-19(21)24-25-26-27)8-15(20)18(16)30-11-17(28)23-14-6-4-12(2)5-7-14/h4-9,22H,3,10-11H2,1-2H3,(H,23,28)(H2,21,24,26). The third-order valence-electron chi connectivity index (χ3n) is 3.98. The molecular weight excluding hydrogens is 454 g/mol. The number of rotatable bonds is 9. The number of aromatic nitrogens is 4. The molecule has 0 radical (unpaired) electrons. The average molecular weight is 476 g/mol. The maximum absolute atomic E-state index is 12.2. The second kappa shape index (κ2) is 9.92. The van der Waals surface area contributed by atoms with E-state index in [9.17, 15) is 4.79 Å². The van der Waals surface area contributed by atoms with Crippen LogP contribution < -0.4 is 25.9 Å². The van der Waals surface area contributed by atoms with Crippen molar-refractivity contribution in [2.45, 2.75) is 20.4 Å². The molecule has 2 aromatic carbocycles. The number of nitrogens with zero attached hydrogens (tertiary/aromatic N) is 4. The molecule has 0 aliphatic rings. The van der Waals surface area contributed by atoms with E-state index in [1.54, 1.807) is 0 Å². The van der Waals surface area contributed by atoms with Crippen molar-refractivity contribution in [1.29, 1.82) is 0 Å². The van der Waals surface area contributed by atoms with Gasteiger partial charge in [-0.05, 0) is 70.0 Å². The average Bonchev–Trinajstić information content (AvgIpc) is 3.12. The third-order valence-corrected chi connectivity index (χ3v) is 4.57. The normalized spacial score (nSPS) is 10.5. The Hall–Kier alpha value is -3.34. The van der Waals surface area contributed by atoms with E-state index in [-0.39, 0.29) is 18.5 Å². The van der Waals surface area contributed by atoms with Crippen LogP contribution in [0.4, 0.5) is 11.6 Å². The Morgan fingerprint density at radius 1 is 1.23 bits per heavy atom. The van der Waals surface area contributed by atoms with Crippen LogP contribution in [0.2, 0.25) is 0 Å². The van der Waals surface area contributed by atoms with Crippen LogP contribution >= 0.6 is 15.9 Å². The molecule has 4 N–H and O–H groups in total. The zero-order valence-electron chi connectivity index (χ0n) is 16.6. The monoisotopic (exact) mass is 475 g/mol. The number of anilines is 2. The maximum atomic E-state index is 12.2. The molecule has 11 heteroatoms. The van der Waals surface area contributed by atoms with Crippen LogP contribution in [0.5, 0.6) is 11.5 Å². The molecule has 0 saturated carbocycles. The molecule has 0 fully saturated rings. The van der Waals surface area contributed by atoms with Gasteiger partial charge in [-0.1, -0.05) is 22.8 Å². The van der Waals surface area contributed by atoms with Crippen molar-refractivity contribution >= 4 is 33.5 Å². The Bertz CT molecular complexity index is 1010. The number of ether oxygens (including phenoxy) is 2. The van der Waals surface area contributed by atoms with Crippen molar-refractivity contribution < 1.29 is 14.3 Å². The van der Waals surface area contributed by atoms with Gasteiger partial charge < -0.3 is 25.9 Å². The molecule has 10 nitrogen and oxygen atoms in total. The SMILES string of the molecule is CCOc1cc(CNn2nnnc2N)cc(Br)c1OCC(=O)Nc1ccc(C)cc1. The molecule has 0 unspecified atom stereocenters. The molecule has 0 aliphatic heterocycles. The summed E-state index contributed by atoms with van der Waals surface area (Å²) in [5.41, 5.74) is 11.3. The number of halogens is 1. The lowest BCUT2D eigenvalue weighted by Gasteiger charge is -2.16. The third kappa shape index (κ3) is 5.60. The largest absolute Gasteiger partial charge is 0.490 e. The van der Waals surface area contributed by atoms with Crippen LogP contribution in [0.15, 0.2) is 40.9 Å². The van der Waals surface area contributed by atoms with Gasteiger partial charge in [0.05, 0.1) is 17.6 Å². The first kappa shape index (κ1) is 21.4. The van der Waals surface area contributed by atoms with Crippen molar-refractivity contribution in [3.8, 4) is 11.5 Å². The van der Waals surface area contributed by atoms with Crippen molar-refractivity contribution in [2.24, 2.45) is 0 Å². The molecule has 1 aromatic heterocycles. The lowest BCUT2D eigenvalue weighted by atomic mass is 10.2. The fraction of sp³-hybridized carbons (Fsp3) is 0.263. The van der Waals surface area contributed by atoms with E-state index in [1.165, 1.54) is 4.79 Å². The number of amides is 1. The Kier molecular flexibility index (Phi) is 7.07. The van der Waals surface area contributed by atoms with Crippen LogP contribution in [0, 0.1) is 6.92 Å². The summed E-state index contributed by atoms with van der Waals surface area (Å²) in [4.78, 5) is 13.5. The van der Waals surface area contributed by atoms with Gasteiger partial charge in [0.2, 0.25) is 0 Å². The molecule has 158 valence electrons. The van der Waals surface area contributed by atoms with Crippen LogP contribution in [-0.2, 0) is 11.3 Å². The number of nitrogens with two attached hydrogens (primary N) is 1. The number of nitrogens with one attached hydrogen (secondary N) is 2. The first-order valence-corrected chi connectivity index (χ1v) is 9.98. The lowest BCUT2D eigenvalue weighted by molar-refractivity contribution is -0.118. The van der Waals surface area contributed by atoms with Gasteiger partial charge >= 0.3 is 0 Å². The lowest BCUT2D eigenvalue weighted by Crippen LogP contribution is -2.21. The summed E-state index contributed by atoms with van der Waals surface area (Å²) in [6.07, 6.45) is 0. The molecule has 3 rings (SSSR count). The predicted octanol–water partition coefficient (Wildman–Crippen LogP) is 2.49. The molecule has 0 atom stereocenters. The highest BCUT2D eigenvalue weighted by atomic mass is 79.9. The summed E-state index contributed by atoms with van der Waals surface area (Å²) in [5, 5.41) is 13.6. The van der Waals surface area contributed by atoms with Crippen molar-refractivity contribution in [1.82, 2.24) is 20.3 Å². The molecule has 0 bridgehead atoms. The summed E-state index contributed by atoms with van der Waals surface area (Å²) in [6.45, 7) is 4.52. The first-order chi connectivity index (χ1) is 14.5. The minimum absolute atomic E-state index is 0.152. The molecule has 1 heterocycles. The summed E-state index contributed by atoms with van der Waals surface area (Å²) in [7, 11) is 0. The van der Waals surface area contributed by atoms with Crippen LogP contribution in [0.3, 0.4) is 0 Å². The fourth-order valence-electron chi connectivity index (χ4n) is 2.57. The van der Waals surface area contributed by atoms with E-state index in [0.717, 1.165) is 11.1 Å². The minimum Gasteiger partial charge on any atom is -0.490 e. The number of aryl methyl sites for hydroxylation is 1. The van der Waals surface area contributed by atoms with Crippen molar-refractivity contribution in [2.75, 3.05) is 29.7 Å². The highest BCUT2D eigenvalue weighted by molar-refractivity contribution is 9.10. The number of tetrazole rings is 1. The number of nitrogen functional groups attached to an aromatic ring is 1. The van der Waals surface area contributed by atoms with Gasteiger partial charge in [-0.15, -0.1) is 4.79 Å². The van der Waals surface area contributed by atoms with Gasteiger partial charge in [-0.2, -0.15) is 0 Å². The smallest absolute Gasteiger partial charge is 0.262 e. The quantitative estimate of drug-likeness (QED) is 0.430. The van der Waals surface area contributed by atoms with E-state index >= 15 is 0 Å². The van der Waals surface area contributed by atoms with E-state index in [1.807, 2.05) is 50.2 Å². The van der Waals surface area contributed by atoms with Gasteiger partial charge in [0.25, 0.3) is 11.9 Å². The molecule has 0 saturated heterocycles. The topological polar surface area (TPSA) is 129 Å². The number of carbonyl (C=O) groups is 1. The molecule has 1 amide bonds. The van der Waals surface area contributed by atoms with Gasteiger partial charge in [0.1, 0.15) is 0 Å². The van der Waals surface area contributed by atoms with Crippen molar-refractivity contribution in [3.63, 3.8) is 0 Å². The predicted molar refractivity (Wildman–Crippen MR) is 116 cm³/mol. The molecule has 0 aliphatic carbocycles. The fourth-order valence-corrected chi connectivity index (χ4v) is 3.17. The number of benzene rings is 2. The van der Waals surface area contributed by atoms with E-state index in [2.05, 4.69) is 42.2 Å². The maximum Gasteiger partial charge on any atom is 0.262 e. The first-order valence-electron chi connectivity index (χ1n) is 9.18. The minimum atomic E-state index is -0.270. The second-order valence-electron chi connectivity index (χ2n) is 6.32. The zero-order valence-corrected chi connectivity index (χ0v) is 18.1. The summed E-state index contributed by atoms with van der Waals surface area (Å²) in [6, 6.07) is 11.2.